The lowest BCUT2D eigenvalue weighted by Gasteiger charge is -2.23. The van der Waals surface area contributed by atoms with Gasteiger partial charge in [-0.15, -0.1) is 0 Å². The summed E-state index contributed by atoms with van der Waals surface area (Å²) in [5.74, 6) is 0. The molecule has 4 heteroatoms. The van der Waals surface area contributed by atoms with Gasteiger partial charge in [0.05, 0.1) is 6.10 Å². The molecule has 0 fully saturated rings. The second-order valence-corrected chi connectivity index (χ2v) is 3.64. The summed E-state index contributed by atoms with van der Waals surface area (Å²) in [6, 6.07) is 0. The highest BCUT2D eigenvalue weighted by Gasteiger charge is 2.17. The summed E-state index contributed by atoms with van der Waals surface area (Å²) in [5, 5.41) is 0. The summed E-state index contributed by atoms with van der Waals surface area (Å²) >= 11 is 0. The zero-order chi connectivity index (χ0) is 12.9. The van der Waals surface area contributed by atoms with E-state index in [1.807, 2.05) is 27.7 Å². The van der Waals surface area contributed by atoms with Crippen molar-refractivity contribution in [3.63, 3.8) is 0 Å². The first-order chi connectivity index (χ1) is 8.28. The molecule has 0 rings (SSSR count). The third-order valence-corrected chi connectivity index (χ3v) is 2.35. The van der Waals surface area contributed by atoms with Crippen LogP contribution in [-0.4, -0.2) is 45.4 Å². The monoisotopic (exact) mass is 248 g/mol. The fraction of sp³-hybridized carbons (Fsp3) is 1.00. The summed E-state index contributed by atoms with van der Waals surface area (Å²) < 4.78 is 22.1. The van der Waals surface area contributed by atoms with Crippen molar-refractivity contribution in [3.05, 3.63) is 0 Å². The summed E-state index contributed by atoms with van der Waals surface area (Å²) in [5.41, 5.74) is 0. The zero-order valence-electron chi connectivity index (χ0n) is 11.7. The van der Waals surface area contributed by atoms with Crippen LogP contribution < -0.4 is 0 Å². The summed E-state index contributed by atoms with van der Waals surface area (Å²) in [6.07, 6.45) is 1.64. The number of rotatable bonds is 12. The molecule has 0 aliphatic carbocycles. The molecule has 0 aromatic heterocycles. The van der Waals surface area contributed by atoms with Crippen LogP contribution in [0.25, 0.3) is 0 Å². The summed E-state index contributed by atoms with van der Waals surface area (Å²) in [4.78, 5) is 0. The van der Waals surface area contributed by atoms with Crippen molar-refractivity contribution in [2.75, 3.05) is 33.0 Å². The van der Waals surface area contributed by atoms with Gasteiger partial charge in [0.15, 0.2) is 6.29 Å². The van der Waals surface area contributed by atoms with Crippen LogP contribution in [0.2, 0.25) is 0 Å². The fourth-order valence-electron chi connectivity index (χ4n) is 1.63. The highest BCUT2D eigenvalue weighted by atomic mass is 16.7. The van der Waals surface area contributed by atoms with Gasteiger partial charge in [0.2, 0.25) is 0 Å². The van der Waals surface area contributed by atoms with Crippen LogP contribution in [0.1, 0.15) is 40.5 Å². The SMILES string of the molecule is CCOCCC(CC(OCC)OCC)OCC. The molecule has 0 aromatic carbocycles. The maximum atomic E-state index is 5.67. The molecule has 0 aliphatic heterocycles. The first-order valence-corrected chi connectivity index (χ1v) is 6.70. The lowest BCUT2D eigenvalue weighted by molar-refractivity contribution is -0.158. The maximum absolute atomic E-state index is 5.67. The minimum Gasteiger partial charge on any atom is -0.382 e. The molecule has 0 bridgehead atoms. The third-order valence-electron chi connectivity index (χ3n) is 2.35. The Bertz CT molecular complexity index is 146. The van der Waals surface area contributed by atoms with Crippen LogP contribution in [0.5, 0.6) is 0 Å². The standard InChI is InChI=1S/C13H28O4/c1-5-14-10-9-12(15-6-2)11-13(16-7-3)17-8-4/h12-13H,5-11H2,1-4H3. The second-order valence-electron chi connectivity index (χ2n) is 3.64. The molecular formula is C13H28O4. The Morgan fingerprint density at radius 1 is 0.765 bits per heavy atom. The second kappa shape index (κ2) is 12.3. The van der Waals surface area contributed by atoms with Gasteiger partial charge in [0.25, 0.3) is 0 Å². The predicted octanol–water partition coefficient (Wildman–Crippen LogP) is 2.61. The van der Waals surface area contributed by atoms with E-state index in [0.717, 1.165) is 26.1 Å². The maximum Gasteiger partial charge on any atom is 0.160 e. The van der Waals surface area contributed by atoms with Gasteiger partial charge in [0, 0.05) is 39.5 Å². The molecule has 1 unspecified atom stereocenters. The average Bonchev–Trinajstić information content (AvgIpc) is 2.30. The van der Waals surface area contributed by atoms with Crippen molar-refractivity contribution in [2.45, 2.75) is 52.9 Å². The van der Waals surface area contributed by atoms with E-state index >= 15 is 0 Å². The third kappa shape index (κ3) is 9.53. The normalized spacial score (nSPS) is 13.2. The zero-order valence-corrected chi connectivity index (χ0v) is 11.7. The van der Waals surface area contributed by atoms with E-state index in [1.54, 1.807) is 0 Å². The van der Waals surface area contributed by atoms with E-state index in [2.05, 4.69) is 0 Å². The highest BCUT2D eigenvalue weighted by molar-refractivity contribution is 4.61. The number of hydrogen-bond donors (Lipinski definition) is 0. The summed E-state index contributed by atoms with van der Waals surface area (Å²) in [6.45, 7) is 11.5. The minimum atomic E-state index is -0.164. The van der Waals surface area contributed by atoms with Gasteiger partial charge in [-0.1, -0.05) is 0 Å². The van der Waals surface area contributed by atoms with Gasteiger partial charge in [-0.2, -0.15) is 0 Å². The molecule has 0 amide bonds. The Hall–Kier alpha value is -0.160. The van der Waals surface area contributed by atoms with Crippen molar-refractivity contribution in [2.24, 2.45) is 0 Å². The Kier molecular flexibility index (Phi) is 12.2. The van der Waals surface area contributed by atoms with Crippen LogP contribution in [-0.2, 0) is 18.9 Å². The average molecular weight is 248 g/mol. The van der Waals surface area contributed by atoms with Crippen LogP contribution in [0.3, 0.4) is 0 Å². The fourth-order valence-corrected chi connectivity index (χ4v) is 1.63. The quantitative estimate of drug-likeness (QED) is 0.393. The van der Waals surface area contributed by atoms with E-state index in [1.165, 1.54) is 0 Å². The van der Waals surface area contributed by atoms with E-state index in [9.17, 15) is 0 Å². The van der Waals surface area contributed by atoms with Gasteiger partial charge < -0.3 is 18.9 Å². The molecule has 0 saturated heterocycles. The Labute approximate surface area is 106 Å². The minimum absolute atomic E-state index is 0.148. The van der Waals surface area contributed by atoms with Gasteiger partial charge in [0.1, 0.15) is 0 Å². The van der Waals surface area contributed by atoms with Crippen LogP contribution >= 0.6 is 0 Å². The lowest BCUT2D eigenvalue weighted by atomic mass is 10.2. The van der Waals surface area contributed by atoms with Gasteiger partial charge >= 0.3 is 0 Å². The van der Waals surface area contributed by atoms with E-state index < -0.39 is 0 Å². The molecule has 0 saturated carbocycles. The first kappa shape index (κ1) is 16.8. The van der Waals surface area contributed by atoms with Gasteiger partial charge in [-0.05, 0) is 34.1 Å². The molecule has 0 radical (unpaired) electrons. The Morgan fingerprint density at radius 3 is 1.82 bits per heavy atom. The van der Waals surface area contributed by atoms with Gasteiger partial charge in [-0.25, -0.2) is 0 Å². The molecular weight excluding hydrogens is 220 g/mol. The largest absolute Gasteiger partial charge is 0.382 e. The van der Waals surface area contributed by atoms with E-state index in [-0.39, 0.29) is 12.4 Å². The molecule has 4 nitrogen and oxygen atoms in total. The van der Waals surface area contributed by atoms with E-state index in [0.29, 0.717) is 19.8 Å². The van der Waals surface area contributed by atoms with Crippen molar-refractivity contribution in [3.8, 4) is 0 Å². The Morgan fingerprint density at radius 2 is 1.35 bits per heavy atom. The van der Waals surface area contributed by atoms with Crippen molar-refractivity contribution >= 4 is 0 Å². The smallest absolute Gasteiger partial charge is 0.160 e. The van der Waals surface area contributed by atoms with Crippen LogP contribution in [0, 0.1) is 0 Å². The summed E-state index contributed by atoms with van der Waals surface area (Å²) in [7, 11) is 0. The van der Waals surface area contributed by atoms with Crippen molar-refractivity contribution in [1.82, 2.24) is 0 Å². The van der Waals surface area contributed by atoms with Crippen LogP contribution in [0.4, 0.5) is 0 Å². The molecule has 0 aromatic rings. The van der Waals surface area contributed by atoms with Crippen molar-refractivity contribution < 1.29 is 18.9 Å². The molecule has 0 spiro atoms. The predicted molar refractivity (Wildman–Crippen MR) is 68.2 cm³/mol. The topological polar surface area (TPSA) is 36.9 Å². The van der Waals surface area contributed by atoms with Crippen molar-refractivity contribution in [1.29, 1.82) is 0 Å². The molecule has 0 N–H and O–H groups in total. The molecule has 0 aliphatic rings. The Balaban J connectivity index is 3.98. The molecule has 1 atom stereocenters. The van der Waals surface area contributed by atoms with Gasteiger partial charge in [-0.3, -0.25) is 0 Å². The number of ether oxygens (including phenoxy) is 4. The molecule has 17 heavy (non-hydrogen) atoms. The van der Waals surface area contributed by atoms with E-state index in [4.69, 9.17) is 18.9 Å². The molecule has 104 valence electrons. The highest BCUT2D eigenvalue weighted by Crippen LogP contribution is 2.12. The number of hydrogen-bond acceptors (Lipinski definition) is 4. The van der Waals surface area contributed by atoms with Crippen LogP contribution in [0.15, 0.2) is 0 Å². The first-order valence-electron chi connectivity index (χ1n) is 6.70. The lowest BCUT2D eigenvalue weighted by Crippen LogP contribution is -2.27. The molecule has 0 heterocycles.